The lowest BCUT2D eigenvalue weighted by Gasteiger charge is -2.44. The van der Waals surface area contributed by atoms with Gasteiger partial charge >= 0.3 is 19.9 Å². The van der Waals surface area contributed by atoms with Crippen LogP contribution >= 0.6 is 42.6 Å². The molecule has 0 aliphatic carbocycles. The van der Waals surface area contributed by atoms with E-state index >= 15 is 4.57 Å². The number of aliphatic hydroxyl groups excluding tert-OH is 1. The number of carbonyl (C=O) groups excluding carboxylic acids is 2. The maximum Gasteiger partial charge on any atom is 0.475 e. The van der Waals surface area contributed by atoms with E-state index in [1.54, 1.807) is 24.3 Å². The van der Waals surface area contributed by atoms with Gasteiger partial charge in [0.05, 0.1) is 39.0 Å². The first-order valence-corrected chi connectivity index (χ1v) is 29.4. The summed E-state index contributed by atoms with van der Waals surface area (Å²) >= 11 is 17.7. The summed E-state index contributed by atoms with van der Waals surface area (Å²) in [5.74, 6) is -0.715. The van der Waals surface area contributed by atoms with Crippen molar-refractivity contribution in [2.45, 2.75) is 209 Å². The van der Waals surface area contributed by atoms with Crippen molar-refractivity contribution in [3.63, 3.8) is 0 Å². The van der Waals surface area contributed by atoms with E-state index in [1.807, 2.05) is 66.7 Å². The van der Waals surface area contributed by atoms with Crippen molar-refractivity contribution in [2.75, 3.05) is 19.8 Å². The second kappa shape index (κ2) is 37.1. The van der Waals surface area contributed by atoms with Gasteiger partial charge in [-0.3, -0.25) is 18.4 Å². The Morgan fingerprint density at radius 3 is 1.62 bits per heavy atom. The Bertz CT molecular complexity index is 1890. The van der Waals surface area contributed by atoms with Crippen molar-refractivity contribution in [3.05, 3.63) is 108 Å². The van der Waals surface area contributed by atoms with Crippen LogP contribution in [0.25, 0.3) is 0 Å². The second-order valence-electron chi connectivity index (χ2n) is 18.9. The molecule has 0 saturated carbocycles. The largest absolute Gasteiger partial charge is 0.475 e. The summed E-state index contributed by atoms with van der Waals surface area (Å²) < 4.78 is 61.8. The van der Waals surface area contributed by atoms with Crippen molar-refractivity contribution in [3.8, 4) is 0 Å². The van der Waals surface area contributed by atoms with Crippen LogP contribution in [0.15, 0.2) is 91.0 Å². The van der Waals surface area contributed by atoms with Gasteiger partial charge in [-0.05, 0) is 29.5 Å². The van der Waals surface area contributed by atoms with Gasteiger partial charge < -0.3 is 34.1 Å². The molecule has 1 heterocycles. The van der Waals surface area contributed by atoms with Crippen LogP contribution in [0.2, 0.25) is 0 Å². The van der Waals surface area contributed by atoms with Crippen molar-refractivity contribution in [1.82, 2.24) is 5.32 Å². The van der Waals surface area contributed by atoms with Gasteiger partial charge in [-0.15, -0.1) is 0 Å². The van der Waals surface area contributed by atoms with Crippen LogP contribution in [-0.4, -0.2) is 77.5 Å². The number of phosphoric ester groups is 1. The number of ether oxygens (including phenoxy) is 5. The summed E-state index contributed by atoms with van der Waals surface area (Å²) in [6, 6.07) is 25.9. The number of halogens is 3. The van der Waals surface area contributed by atoms with Gasteiger partial charge in [0, 0.05) is 6.61 Å². The van der Waals surface area contributed by atoms with E-state index in [0.717, 1.165) is 50.5 Å². The number of unbranched alkanes of at least 4 members (excludes halogenated alkanes) is 17. The Kier molecular flexibility index (Phi) is 31.9. The van der Waals surface area contributed by atoms with Gasteiger partial charge in [-0.25, -0.2) is 9.36 Å². The van der Waals surface area contributed by atoms with Crippen LogP contribution in [0, 0.1) is 0 Å². The molecule has 1 aliphatic heterocycles. The van der Waals surface area contributed by atoms with Crippen molar-refractivity contribution in [2.24, 2.45) is 0 Å². The Labute approximate surface area is 450 Å². The maximum absolute atomic E-state index is 15.1. The molecular weight excluding hydrogens is 1020 g/mol. The zero-order chi connectivity index (χ0) is 52.4. The SMILES string of the molecule is CCCCCCCCCCCCO[C@H](CCCCCCCCCCC)CC(=O)O[C@H]1[C@H](OP(=O)(OCc2ccccc2)OCc2ccccc2)[C@@H](COCc2ccccc2)OC(O)[C@@H]1NC(=O)OCC(Cl)(Cl)Cl. The Hall–Kier alpha value is -2.78. The van der Waals surface area contributed by atoms with Gasteiger partial charge in [0.25, 0.3) is 0 Å². The highest BCUT2D eigenvalue weighted by atomic mass is 35.6. The fraction of sp³-hybridized carbons (Fsp3) is 0.643. The van der Waals surface area contributed by atoms with Gasteiger partial charge in [0.15, 0.2) is 12.4 Å². The van der Waals surface area contributed by atoms with E-state index in [0.29, 0.717) is 24.2 Å². The number of aliphatic hydroxyl groups is 1. The normalized spacial score (nSPS) is 18.6. The van der Waals surface area contributed by atoms with Gasteiger partial charge in [0.2, 0.25) is 3.79 Å². The molecule has 0 aromatic heterocycles. The summed E-state index contributed by atoms with van der Waals surface area (Å²) in [6.45, 7) is 3.77. The number of alkyl carbamates (subject to hydrolysis) is 1. The standard InChI is InChI=1S/C56H83Cl3NO12P/c1-3-5-7-9-11-13-15-17-19-30-38-66-48(37-29-18-16-14-12-10-8-6-4-2)39-50(61)71-53-51(60-55(63)67-44-56(57,58)59)54(62)70-49(43-65-40-45-31-23-20-24-32-45)52(53)72-73(64,68-41-46-33-25-21-26-34-46)69-42-47-35-27-22-28-36-47/h20-28,31-36,48-49,51-54,62H,3-19,29-30,37-44H2,1-2H3,(H,60,63)/t48-,49-,51-,52-,53-,54?/m1/s1. The minimum atomic E-state index is -4.67. The smallest absolute Gasteiger partial charge is 0.457 e. The zero-order valence-corrected chi connectivity index (χ0v) is 46.4. The number of esters is 1. The van der Waals surface area contributed by atoms with E-state index in [2.05, 4.69) is 19.2 Å². The molecule has 410 valence electrons. The zero-order valence-electron chi connectivity index (χ0n) is 43.2. The first-order chi connectivity index (χ1) is 35.4. The van der Waals surface area contributed by atoms with Crippen molar-refractivity contribution in [1.29, 1.82) is 0 Å². The molecule has 1 unspecified atom stereocenters. The third-order valence-corrected chi connectivity index (χ3v) is 14.3. The van der Waals surface area contributed by atoms with Crippen LogP contribution in [0.4, 0.5) is 4.79 Å². The number of benzene rings is 3. The number of hydrogen-bond donors (Lipinski definition) is 2. The molecule has 1 aliphatic rings. The van der Waals surface area contributed by atoms with Crippen molar-refractivity contribution >= 4 is 54.7 Å². The molecule has 6 atom stereocenters. The predicted molar refractivity (Wildman–Crippen MR) is 288 cm³/mol. The van der Waals surface area contributed by atoms with Crippen LogP contribution in [0.3, 0.4) is 0 Å². The number of phosphoric acid groups is 1. The van der Waals surface area contributed by atoms with E-state index in [9.17, 15) is 14.7 Å². The molecule has 3 aromatic carbocycles. The summed E-state index contributed by atoms with van der Waals surface area (Å²) in [7, 11) is -4.67. The average Bonchev–Trinajstić information content (AvgIpc) is 3.38. The highest BCUT2D eigenvalue weighted by Gasteiger charge is 2.53. The lowest BCUT2D eigenvalue weighted by atomic mass is 9.96. The van der Waals surface area contributed by atoms with E-state index < -0.39 is 67.0 Å². The molecule has 0 spiro atoms. The van der Waals surface area contributed by atoms with E-state index in [1.165, 1.54) is 77.0 Å². The molecule has 0 radical (unpaired) electrons. The second-order valence-corrected chi connectivity index (χ2v) is 23.1. The number of carbonyl (C=O) groups is 2. The summed E-state index contributed by atoms with van der Waals surface area (Å²) in [5.41, 5.74) is 2.18. The molecule has 4 rings (SSSR count). The van der Waals surface area contributed by atoms with Crippen molar-refractivity contribution < 1.29 is 56.5 Å². The third-order valence-electron chi connectivity index (χ3n) is 12.6. The number of nitrogens with one attached hydrogen (secondary N) is 1. The molecule has 1 saturated heterocycles. The highest BCUT2D eigenvalue weighted by Crippen LogP contribution is 2.54. The Morgan fingerprint density at radius 1 is 0.658 bits per heavy atom. The molecule has 13 nitrogen and oxygen atoms in total. The average molecular weight is 1100 g/mol. The Balaban J connectivity index is 1.61. The molecule has 17 heteroatoms. The fourth-order valence-electron chi connectivity index (χ4n) is 8.52. The maximum atomic E-state index is 15.1. The molecule has 2 N–H and O–H groups in total. The molecule has 73 heavy (non-hydrogen) atoms. The van der Waals surface area contributed by atoms with Crippen LogP contribution < -0.4 is 5.32 Å². The van der Waals surface area contributed by atoms with Crippen LogP contribution in [0.1, 0.15) is 165 Å². The van der Waals surface area contributed by atoms with Gasteiger partial charge in [0.1, 0.15) is 24.9 Å². The molecule has 1 fully saturated rings. The fourth-order valence-corrected chi connectivity index (χ4v) is 10.1. The predicted octanol–water partition coefficient (Wildman–Crippen LogP) is 14.8. The number of alkyl halides is 3. The summed E-state index contributed by atoms with van der Waals surface area (Å²) in [6.07, 6.45) is 14.7. The quantitative estimate of drug-likeness (QED) is 0.0241. The lowest BCUT2D eigenvalue weighted by molar-refractivity contribution is -0.259. The third kappa shape index (κ3) is 27.7. The highest BCUT2D eigenvalue weighted by molar-refractivity contribution is 7.48. The van der Waals surface area contributed by atoms with Crippen LogP contribution in [-0.2, 0) is 66.4 Å². The molecule has 1 amide bonds. The lowest BCUT2D eigenvalue weighted by Crippen LogP contribution is -2.66. The topological polar surface area (TPSA) is 157 Å². The number of hydrogen-bond acceptors (Lipinski definition) is 12. The first-order valence-electron chi connectivity index (χ1n) is 26.8. The number of amides is 1. The minimum Gasteiger partial charge on any atom is -0.457 e. The van der Waals surface area contributed by atoms with E-state index in [4.69, 9.17) is 72.1 Å². The summed E-state index contributed by atoms with van der Waals surface area (Å²) in [4.78, 5) is 27.8. The summed E-state index contributed by atoms with van der Waals surface area (Å²) in [5, 5.41) is 14.2. The van der Waals surface area contributed by atoms with Gasteiger partial charge in [-0.1, -0.05) is 255 Å². The molecule has 3 aromatic rings. The molecular formula is C56H83Cl3NO12P. The molecule has 0 bridgehead atoms. The number of rotatable bonds is 39. The van der Waals surface area contributed by atoms with E-state index in [-0.39, 0.29) is 32.8 Å². The monoisotopic (exact) mass is 1100 g/mol. The minimum absolute atomic E-state index is 0.128. The Morgan fingerprint density at radius 2 is 1.12 bits per heavy atom. The first kappa shape index (κ1) is 62.8. The van der Waals surface area contributed by atoms with Crippen LogP contribution in [0.5, 0.6) is 0 Å². The van der Waals surface area contributed by atoms with Gasteiger partial charge in [-0.2, -0.15) is 0 Å².